The van der Waals surface area contributed by atoms with Crippen LogP contribution in [0.3, 0.4) is 0 Å². The Hall–Kier alpha value is -2.63. The van der Waals surface area contributed by atoms with Gasteiger partial charge in [0.15, 0.2) is 0 Å². The van der Waals surface area contributed by atoms with Crippen molar-refractivity contribution in [2.24, 2.45) is 7.05 Å². The van der Waals surface area contributed by atoms with Crippen LogP contribution in [0.5, 0.6) is 0 Å². The van der Waals surface area contributed by atoms with Crippen molar-refractivity contribution in [1.82, 2.24) is 14.5 Å². The monoisotopic (exact) mass is 390 g/mol. The van der Waals surface area contributed by atoms with Crippen molar-refractivity contribution in [2.45, 2.75) is 18.9 Å². The molecule has 0 bridgehead atoms. The maximum absolute atomic E-state index is 10.9. The second-order valence-electron chi connectivity index (χ2n) is 7.78. The minimum Gasteiger partial charge on any atom is -0.380 e. The van der Waals surface area contributed by atoms with Crippen LogP contribution in [0, 0.1) is 0 Å². The number of aromatic nitrogens is 2. The number of anilines is 1. The molecule has 0 unspecified atom stereocenters. The third-order valence-electron chi connectivity index (χ3n) is 5.83. The lowest BCUT2D eigenvalue weighted by Crippen LogP contribution is -2.47. The molecular weight excluding hydrogens is 360 g/mol. The first-order valence-electron chi connectivity index (χ1n) is 10.5. The molecule has 4 rings (SSSR count). The van der Waals surface area contributed by atoms with E-state index in [1.54, 1.807) is 6.20 Å². The van der Waals surface area contributed by atoms with Gasteiger partial charge in [0.25, 0.3) is 0 Å². The molecule has 152 valence electrons. The third-order valence-corrected chi connectivity index (χ3v) is 5.83. The van der Waals surface area contributed by atoms with Crippen LogP contribution in [0.4, 0.5) is 5.69 Å². The van der Waals surface area contributed by atoms with Gasteiger partial charge in [0.2, 0.25) is 0 Å². The molecule has 0 saturated carbocycles. The number of nitrogens with zero attached hydrogens (tertiary/aromatic N) is 4. The molecule has 0 aliphatic carbocycles. The average molecular weight is 391 g/mol. The maximum Gasteiger partial charge on any atom is 0.142 e. The van der Waals surface area contributed by atoms with E-state index in [-0.39, 0.29) is 0 Å². The van der Waals surface area contributed by atoms with Crippen LogP contribution in [0.1, 0.15) is 29.5 Å². The first-order chi connectivity index (χ1) is 14.2. The van der Waals surface area contributed by atoms with Crippen molar-refractivity contribution in [3.8, 4) is 0 Å². The molecule has 3 aromatic rings. The number of aliphatic hydroxyl groups is 1. The fourth-order valence-electron chi connectivity index (χ4n) is 4.15. The Labute approximate surface area is 173 Å². The van der Waals surface area contributed by atoms with Crippen LogP contribution in [0.2, 0.25) is 0 Å². The van der Waals surface area contributed by atoms with Gasteiger partial charge in [0, 0.05) is 56.9 Å². The molecule has 1 aromatic heterocycles. The Kier molecular flexibility index (Phi) is 6.27. The molecule has 1 aliphatic heterocycles. The molecule has 0 amide bonds. The predicted molar refractivity (Wildman–Crippen MR) is 117 cm³/mol. The van der Waals surface area contributed by atoms with Gasteiger partial charge in [-0.15, -0.1) is 0 Å². The second kappa shape index (κ2) is 9.25. The average Bonchev–Trinajstić information content (AvgIpc) is 3.20. The molecule has 2 aromatic carbocycles. The molecule has 29 heavy (non-hydrogen) atoms. The van der Waals surface area contributed by atoms with E-state index < -0.39 is 6.10 Å². The Morgan fingerprint density at radius 2 is 1.69 bits per heavy atom. The smallest absolute Gasteiger partial charge is 0.142 e. The van der Waals surface area contributed by atoms with Crippen molar-refractivity contribution < 1.29 is 5.11 Å². The van der Waals surface area contributed by atoms with Crippen molar-refractivity contribution >= 4 is 5.69 Å². The Morgan fingerprint density at radius 1 is 0.966 bits per heavy atom. The molecule has 5 heteroatoms. The fraction of sp³-hybridized carbons (Fsp3) is 0.375. The summed E-state index contributed by atoms with van der Waals surface area (Å²) in [6, 6.07) is 18.9. The quantitative estimate of drug-likeness (QED) is 0.673. The van der Waals surface area contributed by atoms with E-state index >= 15 is 0 Å². The van der Waals surface area contributed by atoms with Gasteiger partial charge < -0.3 is 14.6 Å². The number of rotatable bonds is 7. The lowest BCUT2D eigenvalue weighted by Gasteiger charge is -2.37. The van der Waals surface area contributed by atoms with Gasteiger partial charge in [0.05, 0.1) is 0 Å². The van der Waals surface area contributed by atoms with Crippen LogP contribution in [0.15, 0.2) is 67.0 Å². The van der Waals surface area contributed by atoms with E-state index in [4.69, 9.17) is 0 Å². The molecule has 5 nitrogen and oxygen atoms in total. The maximum atomic E-state index is 10.9. The zero-order valence-corrected chi connectivity index (χ0v) is 17.1. The topological polar surface area (TPSA) is 44.5 Å². The molecule has 1 saturated heterocycles. The first kappa shape index (κ1) is 19.7. The number of aryl methyl sites for hydroxylation is 2. The summed E-state index contributed by atoms with van der Waals surface area (Å²) in [6.45, 7) is 5.22. The summed E-state index contributed by atoms with van der Waals surface area (Å²) in [5.74, 6) is 0.678. The van der Waals surface area contributed by atoms with Crippen LogP contribution in [-0.2, 0) is 13.5 Å². The molecule has 0 radical (unpaired) electrons. The van der Waals surface area contributed by atoms with E-state index in [0.29, 0.717) is 5.82 Å². The van der Waals surface area contributed by atoms with Crippen LogP contribution >= 0.6 is 0 Å². The first-order valence-corrected chi connectivity index (χ1v) is 10.5. The predicted octanol–water partition coefficient (Wildman–Crippen LogP) is 3.26. The number of hydrogen-bond donors (Lipinski definition) is 1. The highest BCUT2D eigenvalue weighted by Crippen LogP contribution is 2.30. The summed E-state index contributed by atoms with van der Waals surface area (Å²) in [7, 11) is 1.92. The minimum absolute atomic E-state index is 0.678. The van der Waals surface area contributed by atoms with Crippen molar-refractivity contribution in [1.29, 1.82) is 0 Å². The SMILES string of the molecule is Cn1ccnc1[C@@H](O)c1ccccc1N1CCN(CCCc2ccccc2)CC1. The Bertz CT molecular complexity index is 900. The highest BCUT2D eigenvalue weighted by molar-refractivity contribution is 5.56. The van der Waals surface area contributed by atoms with Crippen LogP contribution < -0.4 is 4.90 Å². The number of piperazine rings is 1. The van der Waals surface area contributed by atoms with E-state index in [1.807, 2.05) is 29.9 Å². The molecule has 0 spiro atoms. The summed E-state index contributed by atoms with van der Waals surface area (Å²) in [6.07, 6.45) is 5.22. The van der Waals surface area contributed by atoms with Crippen LogP contribution in [-0.4, -0.2) is 52.3 Å². The van der Waals surface area contributed by atoms with Gasteiger partial charge in [-0.2, -0.15) is 0 Å². The largest absolute Gasteiger partial charge is 0.380 e. The molecule has 1 N–H and O–H groups in total. The van der Waals surface area contributed by atoms with E-state index in [0.717, 1.165) is 50.4 Å². The lowest BCUT2D eigenvalue weighted by atomic mass is 10.0. The standard InChI is InChI=1S/C24H30N4O/c1-26-15-13-25-24(26)23(29)21-11-5-6-12-22(21)28-18-16-27(17-19-28)14-7-10-20-8-3-2-4-9-20/h2-6,8-9,11-13,15,23,29H,7,10,14,16-19H2,1H3/t23-/m0/s1. The molecule has 1 aliphatic rings. The van der Waals surface area contributed by atoms with Gasteiger partial charge in [-0.05, 0) is 31.0 Å². The Morgan fingerprint density at radius 3 is 2.41 bits per heavy atom. The van der Waals surface area contributed by atoms with Crippen molar-refractivity contribution in [3.63, 3.8) is 0 Å². The van der Waals surface area contributed by atoms with Gasteiger partial charge in [-0.25, -0.2) is 4.98 Å². The molecule has 1 fully saturated rings. The molecular formula is C24H30N4O. The van der Waals surface area contributed by atoms with E-state index in [9.17, 15) is 5.11 Å². The number of benzene rings is 2. The summed E-state index contributed by atoms with van der Waals surface area (Å²) < 4.78 is 1.88. The second-order valence-corrected chi connectivity index (χ2v) is 7.78. The molecule has 2 heterocycles. The van der Waals surface area contributed by atoms with E-state index in [2.05, 4.69) is 57.2 Å². The zero-order chi connectivity index (χ0) is 20.1. The lowest BCUT2D eigenvalue weighted by molar-refractivity contribution is 0.205. The van der Waals surface area contributed by atoms with Gasteiger partial charge in [-0.3, -0.25) is 4.90 Å². The summed E-state index contributed by atoms with van der Waals surface area (Å²) in [5.41, 5.74) is 3.47. The number of aliphatic hydroxyl groups excluding tert-OH is 1. The van der Waals surface area contributed by atoms with Crippen LogP contribution in [0.25, 0.3) is 0 Å². The van der Waals surface area contributed by atoms with Gasteiger partial charge in [0.1, 0.15) is 11.9 Å². The van der Waals surface area contributed by atoms with Gasteiger partial charge >= 0.3 is 0 Å². The third kappa shape index (κ3) is 4.69. The van der Waals surface area contributed by atoms with Crippen molar-refractivity contribution in [3.05, 3.63) is 83.9 Å². The molecule has 1 atom stereocenters. The fourth-order valence-corrected chi connectivity index (χ4v) is 4.15. The minimum atomic E-state index is -0.713. The highest BCUT2D eigenvalue weighted by Gasteiger charge is 2.23. The Balaban J connectivity index is 1.35. The summed E-state index contributed by atoms with van der Waals surface area (Å²) in [5, 5.41) is 10.9. The van der Waals surface area contributed by atoms with E-state index in [1.165, 1.54) is 12.0 Å². The number of hydrogen-bond acceptors (Lipinski definition) is 4. The number of imidazole rings is 1. The number of para-hydroxylation sites is 1. The highest BCUT2D eigenvalue weighted by atomic mass is 16.3. The van der Waals surface area contributed by atoms with Gasteiger partial charge in [-0.1, -0.05) is 48.5 Å². The summed E-state index contributed by atoms with van der Waals surface area (Å²) >= 11 is 0. The summed E-state index contributed by atoms with van der Waals surface area (Å²) in [4.78, 5) is 9.29. The zero-order valence-electron chi connectivity index (χ0n) is 17.1. The normalized spacial score (nSPS) is 16.1. The van der Waals surface area contributed by atoms with Crippen molar-refractivity contribution in [2.75, 3.05) is 37.6 Å².